The maximum Gasteiger partial charge on any atom is 0.354 e. The summed E-state index contributed by atoms with van der Waals surface area (Å²) in [7, 11) is 1.53. The topological polar surface area (TPSA) is 64.3 Å². The van der Waals surface area contributed by atoms with Gasteiger partial charge in [0, 0.05) is 12.6 Å². The SMILES string of the molecule is CCOc1ccc(-c2cc(C(=O)O)n(C)n2)cc1F. The van der Waals surface area contributed by atoms with Gasteiger partial charge >= 0.3 is 5.97 Å². The van der Waals surface area contributed by atoms with Crippen LogP contribution in [0.2, 0.25) is 0 Å². The summed E-state index contributed by atoms with van der Waals surface area (Å²) in [6.45, 7) is 2.15. The molecule has 1 aromatic heterocycles. The Hall–Kier alpha value is -2.37. The van der Waals surface area contributed by atoms with Crippen LogP contribution in [0.3, 0.4) is 0 Å². The Bertz CT molecular complexity index is 622. The van der Waals surface area contributed by atoms with E-state index in [0.717, 1.165) is 0 Å². The molecule has 5 nitrogen and oxygen atoms in total. The second kappa shape index (κ2) is 5.09. The summed E-state index contributed by atoms with van der Waals surface area (Å²) in [5, 5.41) is 13.0. The Morgan fingerprint density at radius 2 is 2.21 bits per heavy atom. The first-order valence-electron chi connectivity index (χ1n) is 5.73. The molecule has 6 heteroatoms. The van der Waals surface area contributed by atoms with E-state index in [1.165, 1.54) is 29.9 Å². The fourth-order valence-corrected chi connectivity index (χ4v) is 1.74. The highest BCUT2D eigenvalue weighted by Crippen LogP contribution is 2.25. The van der Waals surface area contributed by atoms with Gasteiger partial charge in [-0.3, -0.25) is 4.68 Å². The fraction of sp³-hybridized carbons (Fsp3) is 0.231. The Balaban J connectivity index is 2.39. The molecule has 0 saturated heterocycles. The number of halogens is 1. The van der Waals surface area contributed by atoms with Crippen molar-refractivity contribution >= 4 is 5.97 Å². The van der Waals surface area contributed by atoms with Crippen molar-refractivity contribution < 1.29 is 19.0 Å². The summed E-state index contributed by atoms with van der Waals surface area (Å²) in [6.07, 6.45) is 0. The van der Waals surface area contributed by atoms with Gasteiger partial charge in [-0.05, 0) is 31.2 Å². The molecule has 1 aromatic carbocycles. The van der Waals surface area contributed by atoms with Crippen molar-refractivity contribution in [3.8, 4) is 17.0 Å². The van der Waals surface area contributed by atoms with Crippen LogP contribution >= 0.6 is 0 Å². The molecule has 1 heterocycles. The predicted octanol–water partition coefficient (Wildman–Crippen LogP) is 2.32. The van der Waals surface area contributed by atoms with Gasteiger partial charge in [-0.25, -0.2) is 9.18 Å². The first-order chi connectivity index (χ1) is 9.02. The fourth-order valence-electron chi connectivity index (χ4n) is 1.74. The Labute approximate surface area is 109 Å². The average Bonchev–Trinajstić information content (AvgIpc) is 2.74. The summed E-state index contributed by atoms with van der Waals surface area (Å²) < 4.78 is 20.1. The zero-order valence-corrected chi connectivity index (χ0v) is 10.6. The maximum absolute atomic E-state index is 13.7. The van der Waals surface area contributed by atoms with Gasteiger partial charge < -0.3 is 9.84 Å². The van der Waals surface area contributed by atoms with Crippen molar-refractivity contribution in [3.05, 3.63) is 35.8 Å². The van der Waals surface area contributed by atoms with Crippen LogP contribution in [0, 0.1) is 5.82 Å². The minimum absolute atomic E-state index is 0.0456. The molecule has 100 valence electrons. The summed E-state index contributed by atoms with van der Waals surface area (Å²) in [4.78, 5) is 10.9. The van der Waals surface area contributed by atoms with Crippen LogP contribution < -0.4 is 4.74 Å². The monoisotopic (exact) mass is 264 g/mol. The Morgan fingerprint density at radius 3 is 2.74 bits per heavy atom. The van der Waals surface area contributed by atoms with Crippen LogP contribution in [-0.2, 0) is 7.05 Å². The number of nitrogens with zero attached hydrogens (tertiary/aromatic N) is 2. The van der Waals surface area contributed by atoms with E-state index in [9.17, 15) is 9.18 Å². The lowest BCUT2D eigenvalue weighted by molar-refractivity contribution is 0.0685. The molecule has 0 aliphatic heterocycles. The van der Waals surface area contributed by atoms with Gasteiger partial charge in [0.15, 0.2) is 11.6 Å². The molecule has 0 aliphatic carbocycles. The highest BCUT2D eigenvalue weighted by Gasteiger charge is 2.14. The molecule has 0 saturated carbocycles. The van der Waals surface area contributed by atoms with Gasteiger partial charge in [0.05, 0.1) is 12.3 Å². The molecular formula is C13H13FN2O3. The number of rotatable bonds is 4. The van der Waals surface area contributed by atoms with Crippen molar-refractivity contribution in [2.45, 2.75) is 6.92 Å². The van der Waals surface area contributed by atoms with Gasteiger partial charge in [0.1, 0.15) is 5.69 Å². The molecule has 0 unspecified atom stereocenters. The third kappa shape index (κ3) is 2.57. The van der Waals surface area contributed by atoms with Crippen LogP contribution in [0.15, 0.2) is 24.3 Å². The van der Waals surface area contributed by atoms with Gasteiger partial charge in [-0.2, -0.15) is 5.10 Å². The number of ether oxygens (including phenoxy) is 1. The molecule has 0 bridgehead atoms. The predicted molar refractivity (Wildman–Crippen MR) is 66.7 cm³/mol. The van der Waals surface area contributed by atoms with Crippen LogP contribution in [0.5, 0.6) is 5.75 Å². The summed E-state index contributed by atoms with van der Waals surface area (Å²) in [6, 6.07) is 5.82. The molecule has 0 fully saturated rings. The average molecular weight is 264 g/mol. The largest absolute Gasteiger partial charge is 0.491 e. The van der Waals surface area contributed by atoms with E-state index < -0.39 is 11.8 Å². The van der Waals surface area contributed by atoms with Crippen molar-refractivity contribution in [2.24, 2.45) is 7.05 Å². The first-order valence-corrected chi connectivity index (χ1v) is 5.73. The normalized spacial score (nSPS) is 10.5. The lowest BCUT2D eigenvalue weighted by atomic mass is 10.1. The zero-order chi connectivity index (χ0) is 14.0. The number of benzene rings is 1. The van der Waals surface area contributed by atoms with E-state index >= 15 is 0 Å². The van der Waals surface area contributed by atoms with E-state index in [1.54, 1.807) is 13.0 Å². The number of aryl methyl sites for hydroxylation is 1. The van der Waals surface area contributed by atoms with Crippen LogP contribution in [-0.4, -0.2) is 27.5 Å². The van der Waals surface area contributed by atoms with Crippen LogP contribution in [0.1, 0.15) is 17.4 Å². The number of aromatic carboxylic acids is 1. The third-order valence-corrected chi connectivity index (χ3v) is 2.63. The molecular weight excluding hydrogens is 251 g/mol. The number of hydrogen-bond acceptors (Lipinski definition) is 3. The molecule has 0 spiro atoms. The van der Waals surface area contributed by atoms with Crippen molar-refractivity contribution in [1.29, 1.82) is 0 Å². The summed E-state index contributed by atoms with van der Waals surface area (Å²) in [5.74, 6) is -1.41. The van der Waals surface area contributed by atoms with Crippen LogP contribution in [0.4, 0.5) is 4.39 Å². The van der Waals surface area contributed by atoms with Crippen molar-refractivity contribution in [3.63, 3.8) is 0 Å². The molecule has 0 amide bonds. The molecule has 0 atom stereocenters. The molecule has 19 heavy (non-hydrogen) atoms. The van der Waals surface area contributed by atoms with Crippen LogP contribution in [0.25, 0.3) is 11.3 Å². The lowest BCUT2D eigenvalue weighted by Gasteiger charge is -2.05. The van der Waals surface area contributed by atoms with Gasteiger partial charge in [0.25, 0.3) is 0 Å². The minimum Gasteiger partial charge on any atom is -0.491 e. The highest BCUT2D eigenvalue weighted by atomic mass is 19.1. The first kappa shape index (κ1) is 13.1. The number of carboxylic acid groups (broad SMARTS) is 1. The molecule has 1 N–H and O–H groups in total. The van der Waals surface area contributed by atoms with Gasteiger partial charge in [-0.15, -0.1) is 0 Å². The van der Waals surface area contributed by atoms with Gasteiger partial charge in [-0.1, -0.05) is 0 Å². The van der Waals surface area contributed by atoms with Gasteiger partial charge in [0.2, 0.25) is 0 Å². The highest BCUT2D eigenvalue weighted by molar-refractivity contribution is 5.87. The lowest BCUT2D eigenvalue weighted by Crippen LogP contribution is -2.04. The number of aromatic nitrogens is 2. The molecule has 0 radical (unpaired) electrons. The zero-order valence-electron chi connectivity index (χ0n) is 10.6. The third-order valence-electron chi connectivity index (χ3n) is 2.63. The number of hydrogen-bond donors (Lipinski definition) is 1. The second-order valence-corrected chi connectivity index (χ2v) is 3.92. The Kier molecular flexibility index (Phi) is 3.50. The van der Waals surface area contributed by atoms with Crippen molar-refractivity contribution in [2.75, 3.05) is 6.61 Å². The number of carbonyl (C=O) groups is 1. The standard InChI is InChI=1S/C13H13FN2O3/c1-3-19-12-5-4-8(6-9(12)14)10-7-11(13(17)18)16(2)15-10/h4-7H,3H2,1-2H3,(H,17,18). The maximum atomic E-state index is 13.7. The Morgan fingerprint density at radius 1 is 1.47 bits per heavy atom. The van der Waals surface area contributed by atoms with E-state index in [4.69, 9.17) is 9.84 Å². The molecule has 2 aromatic rings. The van der Waals surface area contributed by atoms with Crippen molar-refractivity contribution in [1.82, 2.24) is 9.78 Å². The molecule has 2 rings (SSSR count). The minimum atomic E-state index is -1.08. The second-order valence-electron chi connectivity index (χ2n) is 3.92. The van der Waals surface area contributed by atoms with E-state index in [0.29, 0.717) is 17.9 Å². The van der Waals surface area contributed by atoms with E-state index in [1.807, 2.05) is 0 Å². The summed E-state index contributed by atoms with van der Waals surface area (Å²) >= 11 is 0. The van der Waals surface area contributed by atoms with E-state index in [-0.39, 0.29) is 11.4 Å². The summed E-state index contributed by atoms with van der Waals surface area (Å²) in [5.41, 5.74) is 0.954. The smallest absolute Gasteiger partial charge is 0.354 e. The number of carboxylic acids is 1. The quantitative estimate of drug-likeness (QED) is 0.920. The van der Waals surface area contributed by atoms with E-state index in [2.05, 4.69) is 5.10 Å². The molecule has 0 aliphatic rings.